The van der Waals surface area contributed by atoms with Crippen molar-refractivity contribution in [2.45, 2.75) is 26.3 Å². The number of aryl methyl sites for hydroxylation is 2. The lowest BCUT2D eigenvalue weighted by atomic mass is 10.1. The summed E-state index contributed by atoms with van der Waals surface area (Å²) in [6.07, 6.45) is 0.633. The summed E-state index contributed by atoms with van der Waals surface area (Å²) >= 11 is 1.75. The van der Waals surface area contributed by atoms with Crippen molar-refractivity contribution < 1.29 is 4.42 Å². The SMILES string of the molecule is Cc1cc(C(N)Cc2nc3ccccc3o2)sc1C. The van der Waals surface area contributed by atoms with Gasteiger partial charge in [-0.15, -0.1) is 11.3 Å². The van der Waals surface area contributed by atoms with E-state index in [0.29, 0.717) is 12.3 Å². The molecule has 1 unspecified atom stereocenters. The summed E-state index contributed by atoms with van der Waals surface area (Å²) in [4.78, 5) is 6.98. The van der Waals surface area contributed by atoms with Crippen LogP contribution in [0.2, 0.25) is 0 Å². The number of hydrogen-bond acceptors (Lipinski definition) is 4. The molecule has 0 bridgehead atoms. The van der Waals surface area contributed by atoms with Crippen LogP contribution in [0.3, 0.4) is 0 Å². The van der Waals surface area contributed by atoms with Crippen molar-refractivity contribution in [1.29, 1.82) is 0 Å². The monoisotopic (exact) mass is 272 g/mol. The molecule has 2 aromatic heterocycles. The predicted octanol–water partition coefficient (Wildman–Crippen LogP) is 3.75. The van der Waals surface area contributed by atoms with E-state index in [9.17, 15) is 0 Å². The lowest BCUT2D eigenvalue weighted by Gasteiger charge is -2.05. The summed E-state index contributed by atoms with van der Waals surface area (Å²) in [6.45, 7) is 4.23. The molecule has 0 aliphatic heterocycles. The Hall–Kier alpha value is -1.65. The first-order valence-corrected chi connectivity index (χ1v) is 7.12. The number of benzene rings is 1. The van der Waals surface area contributed by atoms with Gasteiger partial charge in [0.25, 0.3) is 0 Å². The number of nitrogens with zero attached hydrogens (tertiary/aromatic N) is 1. The van der Waals surface area contributed by atoms with Gasteiger partial charge in [-0.2, -0.15) is 0 Å². The van der Waals surface area contributed by atoms with E-state index in [2.05, 4.69) is 24.9 Å². The molecule has 3 aromatic rings. The largest absolute Gasteiger partial charge is 0.441 e. The molecule has 0 radical (unpaired) electrons. The predicted molar refractivity (Wildman–Crippen MR) is 78.4 cm³/mol. The van der Waals surface area contributed by atoms with Gasteiger partial charge in [0, 0.05) is 22.2 Å². The smallest absolute Gasteiger partial charge is 0.197 e. The Bertz CT molecular complexity index is 661. The highest BCUT2D eigenvalue weighted by molar-refractivity contribution is 7.12. The number of aromatic nitrogens is 1. The highest BCUT2D eigenvalue weighted by atomic mass is 32.1. The number of nitrogens with two attached hydrogens (primary N) is 1. The van der Waals surface area contributed by atoms with Gasteiger partial charge in [-0.05, 0) is 37.6 Å². The minimum atomic E-state index is -0.0505. The average Bonchev–Trinajstić information content (AvgIpc) is 2.93. The van der Waals surface area contributed by atoms with Crippen LogP contribution in [0.4, 0.5) is 0 Å². The van der Waals surface area contributed by atoms with Crippen molar-refractivity contribution in [2.24, 2.45) is 5.73 Å². The maximum atomic E-state index is 6.24. The van der Waals surface area contributed by atoms with Gasteiger partial charge in [-0.1, -0.05) is 12.1 Å². The van der Waals surface area contributed by atoms with Crippen LogP contribution in [0.25, 0.3) is 11.1 Å². The molecule has 0 aliphatic rings. The van der Waals surface area contributed by atoms with Gasteiger partial charge in [0.05, 0.1) is 0 Å². The third-order valence-corrected chi connectivity index (χ3v) is 4.57. The van der Waals surface area contributed by atoms with Crippen molar-refractivity contribution in [3.8, 4) is 0 Å². The lowest BCUT2D eigenvalue weighted by Crippen LogP contribution is -2.11. The van der Waals surface area contributed by atoms with Crippen molar-refractivity contribution in [2.75, 3.05) is 0 Å². The Labute approximate surface area is 116 Å². The van der Waals surface area contributed by atoms with Gasteiger partial charge >= 0.3 is 0 Å². The minimum absolute atomic E-state index is 0.0505. The van der Waals surface area contributed by atoms with Crippen molar-refractivity contribution in [3.05, 3.63) is 51.5 Å². The van der Waals surface area contributed by atoms with Crippen LogP contribution >= 0.6 is 11.3 Å². The Kier molecular flexibility index (Phi) is 3.12. The van der Waals surface area contributed by atoms with Gasteiger partial charge in [0.2, 0.25) is 0 Å². The molecule has 0 amide bonds. The first kappa shape index (κ1) is 12.4. The minimum Gasteiger partial charge on any atom is -0.441 e. The Morgan fingerprint density at radius 1 is 1.32 bits per heavy atom. The molecule has 2 heterocycles. The number of para-hydroxylation sites is 2. The second-order valence-corrected chi connectivity index (χ2v) is 6.06. The molecule has 1 atom stereocenters. The number of fused-ring (bicyclic) bond motifs is 1. The first-order valence-electron chi connectivity index (χ1n) is 6.30. The quantitative estimate of drug-likeness (QED) is 0.790. The van der Waals surface area contributed by atoms with Gasteiger partial charge < -0.3 is 10.2 Å². The normalized spacial score (nSPS) is 13.0. The fourth-order valence-corrected chi connectivity index (χ4v) is 3.12. The van der Waals surface area contributed by atoms with Crippen molar-refractivity contribution >= 4 is 22.4 Å². The van der Waals surface area contributed by atoms with Crippen molar-refractivity contribution in [1.82, 2.24) is 4.98 Å². The van der Waals surface area contributed by atoms with E-state index in [4.69, 9.17) is 10.2 Å². The number of rotatable bonds is 3. The highest BCUT2D eigenvalue weighted by Crippen LogP contribution is 2.27. The zero-order valence-corrected chi connectivity index (χ0v) is 11.8. The summed E-state index contributed by atoms with van der Waals surface area (Å²) < 4.78 is 5.71. The summed E-state index contributed by atoms with van der Waals surface area (Å²) in [5.41, 5.74) is 9.25. The Morgan fingerprint density at radius 3 is 2.79 bits per heavy atom. The topological polar surface area (TPSA) is 52.0 Å². The summed E-state index contributed by atoms with van der Waals surface area (Å²) in [5, 5.41) is 0. The fraction of sp³-hybridized carbons (Fsp3) is 0.267. The Morgan fingerprint density at radius 2 is 2.11 bits per heavy atom. The maximum absolute atomic E-state index is 6.24. The average molecular weight is 272 g/mol. The molecule has 0 spiro atoms. The lowest BCUT2D eigenvalue weighted by molar-refractivity contribution is 0.504. The number of thiophene rings is 1. The second-order valence-electron chi connectivity index (χ2n) is 4.77. The van der Waals surface area contributed by atoms with Crippen LogP contribution < -0.4 is 5.73 Å². The molecule has 3 rings (SSSR count). The van der Waals surface area contributed by atoms with E-state index in [0.717, 1.165) is 11.1 Å². The maximum Gasteiger partial charge on any atom is 0.197 e. The molecule has 2 N–H and O–H groups in total. The molecule has 0 saturated carbocycles. The standard InChI is InChI=1S/C15H16N2OS/c1-9-7-14(19-10(9)2)11(16)8-15-17-12-5-3-4-6-13(12)18-15/h3-7,11H,8,16H2,1-2H3. The molecule has 0 saturated heterocycles. The van der Waals surface area contributed by atoms with Crippen LogP contribution in [-0.4, -0.2) is 4.98 Å². The van der Waals surface area contributed by atoms with Crippen LogP contribution in [0, 0.1) is 13.8 Å². The summed E-state index contributed by atoms with van der Waals surface area (Å²) in [5.74, 6) is 0.706. The Balaban J connectivity index is 1.84. The molecule has 98 valence electrons. The second kappa shape index (κ2) is 4.79. The zero-order valence-electron chi connectivity index (χ0n) is 11.0. The summed E-state index contributed by atoms with van der Waals surface area (Å²) in [7, 11) is 0. The van der Waals surface area contributed by atoms with Gasteiger partial charge in [-0.25, -0.2) is 4.98 Å². The molecule has 1 aromatic carbocycles. The van der Waals surface area contributed by atoms with E-state index < -0.39 is 0 Å². The van der Waals surface area contributed by atoms with Crippen LogP contribution in [0.1, 0.15) is 27.3 Å². The fourth-order valence-electron chi connectivity index (χ4n) is 2.08. The number of hydrogen-bond donors (Lipinski definition) is 1. The van der Waals surface area contributed by atoms with E-state index in [1.165, 1.54) is 15.3 Å². The summed E-state index contributed by atoms with van der Waals surface area (Å²) in [6, 6.07) is 9.90. The molecule has 0 aliphatic carbocycles. The molecular formula is C15H16N2OS. The van der Waals surface area contributed by atoms with Gasteiger partial charge in [-0.3, -0.25) is 0 Å². The van der Waals surface area contributed by atoms with Crippen LogP contribution in [0.15, 0.2) is 34.7 Å². The molecule has 0 fully saturated rings. The van der Waals surface area contributed by atoms with Gasteiger partial charge in [0.1, 0.15) is 5.52 Å². The van der Waals surface area contributed by atoms with E-state index in [1.807, 2.05) is 24.3 Å². The third-order valence-electron chi connectivity index (χ3n) is 3.28. The van der Waals surface area contributed by atoms with Crippen molar-refractivity contribution in [3.63, 3.8) is 0 Å². The molecular weight excluding hydrogens is 256 g/mol. The van der Waals surface area contributed by atoms with E-state index >= 15 is 0 Å². The third kappa shape index (κ3) is 2.41. The van der Waals surface area contributed by atoms with Gasteiger partial charge in [0.15, 0.2) is 11.5 Å². The zero-order chi connectivity index (χ0) is 13.4. The highest BCUT2D eigenvalue weighted by Gasteiger charge is 2.14. The number of oxazole rings is 1. The first-order chi connectivity index (χ1) is 9.13. The van der Waals surface area contributed by atoms with Crippen LogP contribution in [-0.2, 0) is 6.42 Å². The van der Waals surface area contributed by atoms with E-state index in [-0.39, 0.29) is 6.04 Å². The van der Waals surface area contributed by atoms with E-state index in [1.54, 1.807) is 11.3 Å². The van der Waals surface area contributed by atoms with Crippen LogP contribution in [0.5, 0.6) is 0 Å². The molecule has 4 heteroatoms. The molecule has 3 nitrogen and oxygen atoms in total. The molecule has 19 heavy (non-hydrogen) atoms.